The maximum Gasteiger partial charge on any atom is 0.325 e. The third-order valence-electron chi connectivity index (χ3n) is 8.35. The predicted molar refractivity (Wildman–Crippen MR) is 138 cm³/mol. The van der Waals surface area contributed by atoms with Gasteiger partial charge in [0.15, 0.2) is 5.78 Å². The Hall–Kier alpha value is -4.34. The molecule has 3 aromatic carbocycles. The summed E-state index contributed by atoms with van der Waals surface area (Å²) in [5, 5.41) is 12.4. The molecule has 3 aliphatic heterocycles. The minimum atomic E-state index is -1.21. The van der Waals surface area contributed by atoms with Crippen LogP contribution in [0, 0.1) is 10.1 Å². The number of para-hydroxylation sites is 1. The first-order chi connectivity index (χ1) is 18.5. The van der Waals surface area contributed by atoms with Crippen molar-refractivity contribution in [1.82, 2.24) is 14.8 Å². The third-order valence-corrected chi connectivity index (χ3v) is 8.35. The summed E-state index contributed by atoms with van der Waals surface area (Å²) >= 11 is 0. The van der Waals surface area contributed by atoms with Crippen LogP contribution in [0.2, 0.25) is 0 Å². The first-order valence-corrected chi connectivity index (χ1v) is 12.5. The van der Waals surface area contributed by atoms with E-state index in [1.165, 1.54) is 24.8 Å². The molecule has 0 spiro atoms. The largest absolute Gasteiger partial charge is 0.468 e. The maximum absolute atomic E-state index is 14.4. The molecule has 0 bridgehead atoms. The number of nitro groups is 1. The zero-order chi connectivity index (χ0) is 26.2. The summed E-state index contributed by atoms with van der Waals surface area (Å²) in [5.41, 5.74) is 3.17. The number of carbonyl (C=O) groups excluding carboxylic acids is 2. The van der Waals surface area contributed by atoms with Gasteiger partial charge in [-0.05, 0) is 23.6 Å². The van der Waals surface area contributed by atoms with E-state index in [2.05, 4.69) is 20.9 Å². The molecule has 5 atom stereocenters. The van der Waals surface area contributed by atoms with Crippen molar-refractivity contribution in [3.63, 3.8) is 0 Å². The SMILES string of the molecule is COC(=O)[C@@H]1N2CCc3c([nH]c4ccccc34)[C@H]2N2[C@@H](c3ccc([N+](=O)[O-])cc3)[C@]12C(=O)c1ccccc1. The molecule has 1 unspecified atom stereocenters. The van der Waals surface area contributed by atoms with Crippen LogP contribution in [-0.2, 0) is 16.0 Å². The number of methoxy groups -OCH3 is 1. The lowest BCUT2D eigenvalue weighted by Gasteiger charge is -2.37. The van der Waals surface area contributed by atoms with E-state index in [9.17, 15) is 19.7 Å². The van der Waals surface area contributed by atoms with E-state index in [4.69, 9.17) is 4.74 Å². The van der Waals surface area contributed by atoms with Crippen molar-refractivity contribution in [1.29, 1.82) is 0 Å². The van der Waals surface area contributed by atoms with Crippen LogP contribution in [0.5, 0.6) is 0 Å². The number of aromatic amines is 1. The number of carbonyl (C=O) groups is 2. The zero-order valence-electron chi connectivity index (χ0n) is 20.5. The monoisotopic (exact) mass is 508 g/mol. The van der Waals surface area contributed by atoms with Crippen molar-refractivity contribution in [2.45, 2.75) is 30.2 Å². The fraction of sp³-hybridized carbons (Fsp3) is 0.241. The highest BCUT2D eigenvalue weighted by atomic mass is 16.6. The summed E-state index contributed by atoms with van der Waals surface area (Å²) in [6.45, 7) is 0.590. The molecule has 9 nitrogen and oxygen atoms in total. The number of fused-ring (bicyclic) bond motifs is 7. The van der Waals surface area contributed by atoms with Crippen molar-refractivity contribution in [3.8, 4) is 0 Å². The highest BCUT2D eigenvalue weighted by Crippen LogP contribution is 2.69. The number of non-ortho nitro benzene ring substituents is 1. The zero-order valence-corrected chi connectivity index (χ0v) is 20.5. The van der Waals surface area contributed by atoms with Crippen molar-refractivity contribution >= 4 is 28.3 Å². The number of nitro benzene ring substituents is 1. The van der Waals surface area contributed by atoms with Crippen molar-refractivity contribution < 1.29 is 19.2 Å². The van der Waals surface area contributed by atoms with Crippen molar-refractivity contribution in [2.75, 3.05) is 13.7 Å². The fourth-order valence-corrected chi connectivity index (χ4v) is 6.83. The Bertz CT molecular complexity index is 1620. The van der Waals surface area contributed by atoms with Gasteiger partial charge < -0.3 is 9.72 Å². The Kier molecular flexibility index (Phi) is 4.85. The number of hydrogen-bond acceptors (Lipinski definition) is 7. The molecule has 0 radical (unpaired) electrons. The first kappa shape index (κ1) is 22.8. The number of rotatable bonds is 5. The Balaban J connectivity index is 1.44. The molecule has 7 rings (SSSR count). The number of ketones is 1. The quantitative estimate of drug-likeness (QED) is 0.142. The van der Waals surface area contributed by atoms with Crippen LogP contribution in [0.3, 0.4) is 0 Å². The molecule has 1 aromatic heterocycles. The van der Waals surface area contributed by atoms with E-state index in [0.717, 1.165) is 28.6 Å². The molecular formula is C29H24N4O5. The van der Waals surface area contributed by atoms with Crippen LogP contribution in [0.15, 0.2) is 78.9 Å². The van der Waals surface area contributed by atoms with Gasteiger partial charge in [-0.2, -0.15) is 0 Å². The molecule has 4 heterocycles. The molecule has 190 valence electrons. The number of nitrogens with one attached hydrogen (secondary N) is 1. The number of benzene rings is 3. The van der Waals surface area contributed by atoms with E-state index in [-0.39, 0.29) is 17.6 Å². The van der Waals surface area contributed by atoms with Gasteiger partial charge in [-0.3, -0.25) is 29.5 Å². The average molecular weight is 509 g/mol. The van der Waals surface area contributed by atoms with Crippen LogP contribution >= 0.6 is 0 Å². The highest BCUT2D eigenvalue weighted by molar-refractivity contribution is 6.10. The van der Waals surface area contributed by atoms with E-state index >= 15 is 0 Å². The van der Waals surface area contributed by atoms with Crippen LogP contribution in [0.25, 0.3) is 10.9 Å². The number of aromatic nitrogens is 1. The maximum atomic E-state index is 14.4. The number of esters is 1. The number of Topliss-reactive ketones (excluding diaryl/α,β-unsaturated/α-hetero) is 1. The number of ether oxygens (including phenoxy) is 1. The second kappa shape index (κ2) is 8.08. The van der Waals surface area contributed by atoms with Crippen molar-refractivity contribution in [2.24, 2.45) is 0 Å². The van der Waals surface area contributed by atoms with E-state index in [1.54, 1.807) is 24.3 Å². The normalized spacial score (nSPS) is 27.3. The first-order valence-electron chi connectivity index (χ1n) is 12.5. The molecule has 2 fully saturated rings. The Morgan fingerprint density at radius 1 is 1.03 bits per heavy atom. The van der Waals surface area contributed by atoms with E-state index < -0.39 is 28.5 Å². The van der Waals surface area contributed by atoms with Crippen LogP contribution in [0.4, 0.5) is 5.69 Å². The summed E-state index contributed by atoms with van der Waals surface area (Å²) in [6.07, 6.45) is 0.373. The number of nitrogens with zero attached hydrogens (tertiary/aromatic N) is 3. The third kappa shape index (κ3) is 2.88. The predicted octanol–water partition coefficient (Wildman–Crippen LogP) is 4.17. The molecule has 0 amide bonds. The molecule has 0 aliphatic carbocycles. The van der Waals surface area contributed by atoms with Gasteiger partial charge in [0, 0.05) is 35.1 Å². The summed E-state index contributed by atoms with van der Waals surface area (Å²) in [5.74, 6) is -0.630. The molecule has 2 saturated heterocycles. The minimum absolute atomic E-state index is 0.0280. The lowest BCUT2D eigenvalue weighted by Crippen LogP contribution is -2.53. The summed E-state index contributed by atoms with van der Waals surface area (Å²) in [6, 6.07) is 22.1. The summed E-state index contributed by atoms with van der Waals surface area (Å²) < 4.78 is 5.31. The Labute approximate surface area is 217 Å². The molecule has 0 saturated carbocycles. The van der Waals surface area contributed by atoms with Crippen LogP contribution in [-0.4, -0.2) is 56.7 Å². The van der Waals surface area contributed by atoms with Crippen molar-refractivity contribution in [3.05, 3.63) is 111 Å². The Morgan fingerprint density at radius 3 is 2.45 bits per heavy atom. The topological polar surface area (TPSA) is 109 Å². The second-order valence-corrected chi connectivity index (χ2v) is 10.0. The molecule has 4 aromatic rings. The molecule has 9 heteroatoms. The van der Waals surface area contributed by atoms with Gasteiger partial charge in [0.05, 0.1) is 23.8 Å². The van der Waals surface area contributed by atoms with Gasteiger partial charge in [0.1, 0.15) is 17.7 Å². The van der Waals surface area contributed by atoms with Crippen LogP contribution in [0.1, 0.15) is 39.4 Å². The van der Waals surface area contributed by atoms with E-state index in [1.807, 2.05) is 36.4 Å². The number of hydrogen-bond donors (Lipinski definition) is 1. The lowest BCUT2D eigenvalue weighted by molar-refractivity contribution is -0.384. The van der Waals surface area contributed by atoms with E-state index in [0.29, 0.717) is 12.1 Å². The molecule has 38 heavy (non-hydrogen) atoms. The van der Waals surface area contributed by atoms with Crippen LogP contribution < -0.4 is 0 Å². The smallest absolute Gasteiger partial charge is 0.325 e. The second-order valence-electron chi connectivity index (χ2n) is 10.0. The minimum Gasteiger partial charge on any atom is -0.468 e. The standard InChI is InChI=1S/C29H24N4O5/c1-38-28(35)25-29(26(34)18-7-3-2-4-8-18)24(17-11-13-19(14-12-17)33(36)37)32(29)27-23-21(15-16-31(25)27)20-9-5-6-10-22(20)30-23/h2-14,24-25,27,30H,15-16H2,1H3/t24-,25-,27+,29+,32?/m0/s1. The van der Waals surface area contributed by atoms with Gasteiger partial charge in [0.2, 0.25) is 0 Å². The Morgan fingerprint density at radius 2 is 1.74 bits per heavy atom. The number of H-pyrrole nitrogens is 1. The summed E-state index contributed by atoms with van der Waals surface area (Å²) in [4.78, 5) is 46.6. The molecule has 3 aliphatic rings. The van der Waals surface area contributed by atoms with Gasteiger partial charge in [0.25, 0.3) is 5.69 Å². The average Bonchev–Trinajstić information content (AvgIpc) is 3.31. The van der Waals surface area contributed by atoms with Gasteiger partial charge in [-0.1, -0.05) is 60.7 Å². The molecular weight excluding hydrogens is 484 g/mol. The van der Waals surface area contributed by atoms with Gasteiger partial charge >= 0.3 is 5.97 Å². The van der Waals surface area contributed by atoms with Gasteiger partial charge in [-0.25, -0.2) is 0 Å². The fourth-order valence-electron chi connectivity index (χ4n) is 6.83. The lowest BCUT2D eigenvalue weighted by atomic mass is 9.83. The van der Waals surface area contributed by atoms with Gasteiger partial charge in [-0.15, -0.1) is 0 Å². The highest BCUT2D eigenvalue weighted by Gasteiger charge is 2.82. The summed E-state index contributed by atoms with van der Waals surface area (Å²) in [7, 11) is 1.35. The molecule has 1 N–H and O–H groups in total.